The van der Waals surface area contributed by atoms with Gasteiger partial charge in [-0.15, -0.1) is 0 Å². The summed E-state index contributed by atoms with van der Waals surface area (Å²) in [6, 6.07) is -0.242. The maximum Gasteiger partial charge on any atom is 0.325 e. The van der Waals surface area contributed by atoms with Gasteiger partial charge in [0, 0.05) is 24.7 Å². The van der Waals surface area contributed by atoms with E-state index < -0.39 is 5.54 Å². The molecule has 0 bridgehead atoms. The van der Waals surface area contributed by atoms with Crippen molar-refractivity contribution in [2.24, 2.45) is 0 Å². The van der Waals surface area contributed by atoms with Crippen molar-refractivity contribution in [2.75, 3.05) is 13.7 Å². The summed E-state index contributed by atoms with van der Waals surface area (Å²) in [5.74, 6) is -0.0631. The lowest BCUT2D eigenvalue weighted by atomic mass is 9.68. The molecule has 0 aromatic carbocycles. The van der Waals surface area contributed by atoms with E-state index in [9.17, 15) is 9.59 Å². The molecule has 2 heterocycles. The molecule has 24 heavy (non-hydrogen) atoms. The summed E-state index contributed by atoms with van der Waals surface area (Å²) in [7, 11) is 1.70. The zero-order valence-corrected chi connectivity index (χ0v) is 16.2. The average Bonchev–Trinajstić information content (AvgIpc) is 2.64. The van der Waals surface area contributed by atoms with Crippen LogP contribution in [0, 0.1) is 0 Å². The number of nitrogens with zero attached hydrogens (tertiary/aromatic N) is 2. The van der Waals surface area contributed by atoms with E-state index in [1.54, 1.807) is 7.11 Å². The van der Waals surface area contributed by atoms with Gasteiger partial charge in [-0.3, -0.25) is 14.6 Å². The minimum Gasteiger partial charge on any atom is -0.367 e. The Hall–Kier alpha value is -1.14. The van der Waals surface area contributed by atoms with Gasteiger partial charge in [-0.1, -0.05) is 13.3 Å². The topological polar surface area (TPSA) is 61.9 Å². The highest BCUT2D eigenvalue weighted by Crippen LogP contribution is 2.47. The number of imide groups is 1. The van der Waals surface area contributed by atoms with Crippen LogP contribution in [0.5, 0.6) is 0 Å². The molecule has 1 unspecified atom stereocenters. The van der Waals surface area contributed by atoms with E-state index >= 15 is 0 Å². The van der Waals surface area contributed by atoms with Gasteiger partial charge in [-0.25, -0.2) is 4.79 Å². The number of amides is 3. The van der Waals surface area contributed by atoms with Gasteiger partial charge in [0.25, 0.3) is 5.91 Å². The smallest absolute Gasteiger partial charge is 0.325 e. The number of hydrogen-bond acceptors (Lipinski definition) is 4. The fraction of sp³-hybridized carbons (Fsp3) is 0.889. The summed E-state index contributed by atoms with van der Waals surface area (Å²) in [6.07, 6.45) is 2.92. The van der Waals surface area contributed by atoms with E-state index in [1.807, 2.05) is 6.92 Å². The summed E-state index contributed by atoms with van der Waals surface area (Å²) in [4.78, 5) is 29.3. The molecule has 0 aromatic heterocycles. The molecule has 2 saturated heterocycles. The van der Waals surface area contributed by atoms with Gasteiger partial charge in [0.2, 0.25) is 0 Å². The highest BCUT2D eigenvalue weighted by atomic mass is 16.5. The molecule has 138 valence electrons. The molecule has 2 aliphatic heterocycles. The molecule has 1 atom stereocenters. The number of urea groups is 1. The summed E-state index contributed by atoms with van der Waals surface area (Å²) >= 11 is 0. The fourth-order valence-corrected chi connectivity index (χ4v) is 5.05. The number of carbonyl (C=O) groups is 2. The molecule has 2 rings (SSSR count). The number of nitrogens with one attached hydrogen (secondary N) is 1. The Kier molecular flexibility index (Phi) is 5.04. The Labute approximate surface area is 145 Å². The van der Waals surface area contributed by atoms with Crippen molar-refractivity contribution in [1.82, 2.24) is 15.1 Å². The second kappa shape index (κ2) is 6.30. The summed E-state index contributed by atoms with van der Waals surface area (Å²) < 4.78 is 5.58. The molecule has 0 saturated carbocycles. The second-order valence-electron chi connectivity index (χ2n) is 8.51. The predicted octanol–water partition coefficient (Wildman–Crippen LogP) is 2.72. The molecule has 3 amide bonds. The first kappa shape index (κ1) is 19.2. The zero-order chi connectivity index (χ0) is 18.3. The molecule has 6 heteroatoms. The van der Waals surface area contributed by atoms with E-state index in [2.05, 4.69) is 44.8 Å². The van der Waals surface area contributed by atoms with Crippen LogP contribution < -0.4 is 5.32 Å². The van der Waals surface area contributed by atoms with Gasteiger partial charge in [0.15, 0.2) is 0 Å². The molecule has 0 aliphatic carbocycles. The van der Waals surface area contributed by atoms with E-state index in [0.29, 0.717) is 19.4 Å². The molecule has 2 fully saturated rings. The number of carbonyl (C=O) groups excluding carboxylic acids is 2. The minimum absolute atomic E-state index is 0.0595. The standard InChI is InChI=1S/C18H33N3O3/c1-8-9-10-20-14(22)18(19-15(20)23)11-16(3,4)21(13(2)24-7)17(5,6)12-18/h13H,8-12H2,1-7H3,(H,19,23). The van der Waals surface area contributed by atoms with Gasteiger partial charge in [-0.05, 0) is 53.9 Å². The third kappa shape index (κ3) is 3.06. The fourth-order valence-electron chi connectivity index (χ4n) is 5.05. The predicted molar refractivity (Wildman–Crippen MR) is 93.6 cm³/mol. The lowest BCUT2D eigenvalue weighted by Crippen LogP contribution is -2.71. The maximum atomic E-state index is 13.1. The third-order valence-corrected chi connectivity index (χ3v) is 5.46. The maximum absolute atomic E-state index is 13.1. The monoisotopic (exact) mass is 339 g/mol. The lowest BCUT2D eigenvalue weighted by Gasteiger charge is -2.59. The number of unbranched alkanes of at least 4 members (excludes halogenated alkanes) is 1. The first-order chi connectivity index (χ1) is 11.0. The van der Waals surface area contributed by atoms with Crippen LogP contribution in [0.25, 0.3) is 0 Å². The molecule has 2 aliphatic rings. The number of ether oxygens (including phenoxy) is 1. The molecule has 1 N–H and O–H groups in total. The Morgan fingerprint density at radius 3 is 2.17 bits per heavy atom. The van der Waals surface area contributed by atoms with Crippen molar-refractivity contribution >= 4 is 11.9 Å². The van der Waals surface area contributed by atoms with Crippen LogP contribution in [0.4, 0.5) is 4.79 Å². The molecular formula is C18H33N3O3. The lowest BCUT2D eigenvalue weighted by molar-refractivity contribution is -0.169. The molecule has 0 radical (unpaired) electrons. The molecule has 1 spiro atoms. The van der Waals surface area contributed by atoms with Gasteiger partial charge in [0.1, 0.15) is 11.8 Å². The first-order valence-electron chi connectivity index (χ1n) is 8.97. The Morgan fingerprint density at radius 2 is 1.71 bits per heavy atom. The van der Waals surface area contributed by atoms with Crippen molar-refractivity contribution in [2.45, 2.75) is 90.1 Å². The summed E-state index contributed by atoms with van der Waals surface area (Å²) in [5.41, 5.74) is -1.36. The van der Waals surface area contributed by atoms with Crippen LogP contribution in [0.3, 0.4) is 0 Å². The van der Waals surface area contributed by atoms with Gasteiger partial charge < -0.3 is 10.1 Å². The van der Waals surface area contributed by atoms with Crippen LogP contribution in [-0.2, 0) is 9.53 Å². The number of methoxy groups -OCH3 is 1. The normalized spacial score (nSPS) is 26.7. The van der Waals surface area contributed by atoms with Crippen molar-refractivity contribution in [3.63, 3.8) is 0 Å². The highest BCUT2D eigenvalue weighted by Gasteiger charge is 2.61. The van der Waals surface area contributed by atoms with Crippen LogP contribution >= 0.6 is 0 Å². The van der Waals surface area contributed by atoms with Crippen molar-refractivity contribution in [3.8, 4) is 0 Å². The van der Waals surface area contributed by atoms with E-state index in [4.69, 9.17) is 4.74 Å². The number of piperidine rings is 1. The molecular weight excluding hydrogens is 306 g/mol. The van der Waals surface area contributed by atoms with Crippen LogP contribution in [0.15, 0.2) is 0 Å². The summed E-state index contributed by atoms with van der Waals surface area (Å²) in [6.45, 7) is 13.1. The Bertz CT molecular complexity index is 498. The zero-order valence-electron chi connectivity index (χ0n) is 16.2. The number of hydrogen-bond donors (Lipinski definition) is 1. The summed E-state index contributed by atoms with van der Waals surface area (Å²) in [5, 5.41) is 3.04. The average molecular weight is 339 g/mol. The van der Waals surface area contributed by atoms with Gasteiger partial charge >= 0.3 is 6.03 Å². The molecule has 0 aromatic rings. The van der Waals surface area contributed by atoms with Crippen LogP contribution in [-0.4, -0.2) is 58.2 Å². The van der Waals surface area contributed by atoms with E-state index in [-0.39, 0.29) is 29.2 Å². The van der Waals surface area contributed by atoms with Crippen molar-refractivity contribution < 1.29 is 14.3 Å². The quantitative estimate of drug-likeness (QED) is 0.782. The van der Waals surface area contributed by atoms with Crippen molar-refractivity contribution in [3.05, 3.63) is 0 Å². The highest BCUT2D eigenvalue weighted by molar-refractivity contribution is 6.07. The van der Waals surface area contributed by atoms with Gasteiger partial charge in [-0.2, -0.15) is 0 Å². The Morgan fingerprint density at radius 1 is 1.17 bits per heavy atom. The van der Waals surface area contributed by atoms with E-state index in [1.165, 1.54) is 4.90 Å². The largest absolute Gasteiger partial charge is 0.367 e. The SMILES string of the molecule is CCCCN1C(=O)NC2(CC(C)(C)N(C(C)OC)C(C)(C)C2)C1=O. The van der Waals surface area contributed by atoms with Crippen LogP contribution in [0.2, 0.25) is 0 Å². The Balaban J connectivity index is 2.34. The first-order valence-corrected chi connectivity index (χ1v) is 8.97. The number of likely N-dealkylation sites (tertiary alicyclic amines) is 1. The molecule has 6 nitrogen and oxygen atoms in total. The third-order valence-electron chi connectivity index (χ3n) is 5.46. The van der Waals surface area contributed by atoms with Crippen molar-refractivity contribution in [1.29, 1.82) is 0 Å². The second-order valence-corrected chi connectivity index (χ2v) is 8.51. The van der Waals surface area contributed by atoms with Gasteiger partial charge in [0.05, 0.1) is 0 Å². The number of rotatable bonds is 5. The minimum atomic E-state index is -0.804. The van der Waals surface area contributed by atoms with E-state index in [0.717, 1.165) is 12.8 Å². The van der Waals surface area contributed by atoms with Crippen LogP contribution in [0.1, 0.15) is 67.2 Å².